The van der Waals surface area contributed by atoms with Crippen molar-refractivity contribution >= 4 is 5.91 Å². The van der Waals surface area contributed by atoms with E-state index in [0.29, 0.717) is 24.8 Å². The minimum atomic E-state index is -0.324. The maximum Gasteiger partial charge on any atom is 0.244 e. The van der Waals surface area contributed by atoms with Crippen molar-refractivity contribution in [2.75, 3.05) is 6.54 Å². The fourth-order valence-corrected chi connectivity index (χ4v) is 1.95. The van der Waals surface area contributed by atoms with Crippen molar-refractivity contribution in [2.24, 2.45) is 0 Å². The number of nitrogens with one attached hydrogen (secondary N) is 1. The summed E-state index contributed by atoms with van der Waals surface area (Å²) < 4.78 is 6.77. The Morgan fingerprint density at radius 2 is 2.45 bits per heavy atom. The Labute approximate surface area is 116 Å². The van der Waals surface area contributed by atoms with E-state index in [0.717, 1.165) is 18.7 Å². The quantitative estimate of drug-likeness (QED) is 0.852. The van der Waals surface area contributed by atoms with Gasteiger partial charge in [0.2, 0.25) is 11.8 Å². The van der Waals surface area contributed by atoms with Crippen molar-refractivity contribution < 1.29 is 9.32 Å². The van der Waals surface area contributed by atoms with Gasteiger partial charge < -0.3 is 9.84 Å². The number of nitrogens with zero attached hydrogens (tertiary/aromatic N) is 4. The van der Waals surface area contributed by atoms with Crippen LogP contribution in [0.25, 0.3) is 0 Å². The Kier molecular flexibility index (Phi) is 3.49. The second-order valence-electron chi connectivity index (χ2n) is 5.02. The van der Waals surface area contributed by atoms with Gasteiger partial charge >= 0.3 is 0 Å². The first-order chi connectivity index (χ1) is 9.74. The van der Waals surface area contributed by atoms with Crippen LogP contribution < -0.4 is 5.32 Å². The highest BCUT2D eigenvalue weighted by atomic mass is 16.5. The minimum Gasteiger partial charge on any atom is -0.354 e. The SMILES string of the molecule is C[C@@H](C(=O)NCCc1nc(C2CC2)no1)n1cccn1. The Morgan fingerprint density at radius 1 is 1.60 bits per heavy atom. The van der Waals surface area contributed by atoms with Gasteiger partial charge in [0.1, 0.15) is 6.04 Å². The van der Waals surface area contributed by atoms with Crippen LogP contribution in [0.1, 0.15) is 43.4 Å². The molecule has 0 aliphatic heterocycles. The standard InChI is InChI=1S/C13H17N5O2/c1-9(18-8-2-6-15-18)13(19)14-7-5-11-16-12(17-20-11)10-3-4-10/h2,6,8-10H,3-5,7H2,1H3,(H,14,19)/t9-/m0/s1. The molecule has 1 aliphatic carbocycles. The molecule has 3 rings (SSSR count). The molecule has 1 fully saturated rings. The van der Waals surface area contributed by atoms with Crippen molar-refractivity contribution in [3.05, 3.63) is 30.2 Å². The molecule has 7 nitrogen and oxygen atoms in total. The third-order valence-electron chi connectivity index (χ3n) is 3.37. The van der Waals surface area contributed by atoms with Gasteiger partial charge in [-0.25, -0.2) is 0 Å². The van der Waals surface area contributed by atoms with E-state index >= 15 is 0 Å². The van der Waals surface area contributed by atoms with Crippen LogP contribution >= 0.6 is 0 Å². The zero-order chi connectivity index (χ0) is 13.9. The third kappa shape index (κ3) is 2.87. The van der Waals surface area contributed by atoms with Crippen LogP contribution in [-0.2, 0) is 11.2 Å². The molecular formula is C13H17N5O2. The van der Waals surface area contributed by atoms with Crippen molar-refractivity contribution in [1.82, 2.24) is 25.2 Å². The lowest BCUT2D eigenvalue weighted by atomic mass is 10.3. The van der Waals surface area contributed by atoms with Crippen molar-refractivity contribution in [3.8, 4) is 0 Å². The lowest BCUT2D eigenvalue weighted by Crippen LogP contribution is -2.32. The average molecular weight is 275 g/mol. The fourth-order valence-electron chi connectivity index (χ4n) is 1.95. The van der Waals surface area contributed by atoms with Crippen LogP contribution in [0.5, 0.6) is 0 Å². The number of rotatable bonds is 6. The van der Waals surface area contributed by atoms with Gasteiger partial charge in [0.25, 0.3) is 0 Å². The molecule has 2 aromatic heterocycles. The Bertz CT molecular complexity index is 573. The van der Waals surface area contributed by atoms with E-state index in [1.807, 2.05) is 0 Å². The first kappa shape index (κ1) is 12.8. The van der Waals surface area contributed by atoms with Crippen molar-refractivity contribution in [1.29, 1.82) is 0 Å². The molecule has 106 valence electrons. The topological polar surface area (TPSA) is 85.8 Å². The van der Waals surface area contributed by atoms with Gasteiger partial charge in [-0.1, -0.05) is 5.16 Å². The number of hydrogen-bond acceptors (Lipinski definition) is 5. The largest absolute Gasteiger partial charge is 0.354 e. The summed E-state index contributed by atoms with van der Waals surface area (Å²) in [5.74, 6) is 1.80. The molecule has 1 aliphatic rings. The van der Waals surface area contributed by atoms with Crippen LogP contribution in [0.15, 0.2) is 23.0 Å². The summed E-state index contributed by atoms with van der Waals surface area (Å²) >= 11 is 0. The molecule has 0 spiro atoms. The zero-order valence-electron chi connectivity index (χ0n) is 11.3. The monoisotopic (exact) mass is 275 g/mol. The van der Waals surface area contributed by atoms with E-state index in [-0.39, 0.29) is 11.9 Å². The van der Waals surface area contributed by atoms with Crippen LogP contribution in [-0.4, -0.2) is 32.4 Å². The summed E-state index contributed by atoms with van der Waals surface area (Å²) in [5, 5.41) is 10.8. The van der Waals surface area contributed by atoms with Gasteiger partial charge in [-0.15, -0.1) is 0 Å². The molecule has 0 aromatic carbocycles. The van der Waals surface area contributed by atoms with Gasteiger partial charge in [0, 0.05) is 31.3 Å². The van der Waals surface area contributed by atoms with Gasteiger partial charge in [-0.2, -0.15) is 10.1 Å². The van der Waals surface area contributed by atoms with Crippen molar-refractivity contribution in [3.63, 3.8) is 0 Å². The molecule has 0 bridgehead atoms. The average Bonchev–Trinajstić information content (AvgIpc) is 2.98. The lowest BCUT2D eigenvalue weighted by Gasteiger charge is -2.11. The second-order valence-corrected chi connectivity index (χ2v) is 5.02. The molecule has 20 heavy (non-hydrogen) atoms. The second kappa shape index (κ2) is 5.44. The van der Waals surface area contributed by atoms with E-state index < -0.39 is 0 Å². The minimum absolute atomic E-state index is 0.0735. The molecular weight excluding hydrogens is 258 g/mol. The maximum atomic E-state index is 11.9. The molecule has 0 saturated heterocycles. The predicted octanol–water partition coefficient (Wildman–Crippen LogP) is 1.06. The maximum absolute atomic E-state index is 11.9. The molecule has 0 unspecified atom stereocenters. The summed E-state index contributed by atoms with van der Waals surface area (Å²) in [7, 11) is 0. The van der Waals surface area contributed by atoms with Crippen molar-refractivity contribution in [2.45, 2.75) is 38.1 Å². The third-order valence-corrected chi connectivity index (χ3v) is 3.37. The van der Waals surface area contributed by atoms with E-state index in [1.54, 1.807) is 30.1 Å². The van der Waals surface area contributed by atoms with Crippen LogP contribution in [0.3, 0.4) is 0 Å². The van der Waals surface area contributed by atoms with E-state index in [4.69, 9.17) is 4.52 Å². The van der Waals surface area contributed by atoms with Crippen LogP contribution in [0, 0.1) is 0 Å². The highest BCUT2D eigenvalue weighted by molar-refractivity contribution is 5.79. The first-order valence-electron chi connectivity index (χ1n) is 6.83. The summed E-state index contributed by atoms with van der Waals surface area (Å²) in [4.78, 5) is 16.2. The number of hydrogen-bond donors (Lipinski definition) is 1. The lowest BCUT2D eigenvalue weighted by molar-refractivity contribution is -0.124. The van der Waals surface area contributed by atoms with E-state index in [1.165, 1.54) is 0 Å². The van der Waals surface area contributed by atoms with Crippen LogP contribution in [0.4, 0.5) is 0 Å². The first-order valence-corrected chi connectivity index (χ1v) is 6.83. The highest BCUT2D eigenvalue weighted by Crippen LogP contribution is 2.38. The van der Waals surface area contributed by atoms with E-state index in [2.05, 4.69) is 20.6 Å². The van der Waals surface area contributed by atoms with Gasteiger partial charge in [-0.05, 0) is 25.8 Å². The molecule has 1 atom stereocenters. The molecule has 2 heterocycles. The van der Waals surface area contributed by atoms with E-state index in [9.17, 15) is 4.79 Å². The number of carbonyl (C=O) groups is 1. The number of amides is 1. The summed E-state index contributed by atoms with van der Waals surface area (Å²) in [6.45, 7) is 2.29. The highest BCUT2D eigenvalue weighted by Gasteiger charge is 2.28. The van der Waals surface area contributed by atoms with Gasteiger partial charge in [0.05, 0.1) is 0 Å². The molecule has 1 saturated carbocycles. The molecule has 0 radical (unpaired) electrons. The fraction of sp³-hybridized carbons (Fsp3) is 0.538. The molecule has 1 N–H and O–H groups in total. The number of carbonyl (C=O) groups excluding carboxylic acids is 1. The Hall–Kier alpha value is -2.18. The smallest absolute Gasteiger partial charge is 0.244 e. The zero-order valence-corrected chi connectivity index (χ0v) is 11.3. The summed E-state index contributed by atoms with van der Waals surface area (Å²) in [6.07, 6.45) is 6.28. The van der Waals surface area contributed by atoms with Crippen LogP contribution in [0.2, 0.25) is 0 Å². The normalized spacial score (nSPS) is 16.1. The van der Waals surface area contributed by atoms with Gasteiger partial charge in [-0.3, -0.25) is 9.48 Å². The summed E-state index contributed by atoms with van der Waals surface area (Å²) in [6, 6.07) is 1.47. The Balaban J connectivity index is 1.45. The number of aromatic nitrogens is 4. The molecule has 2 aromatic rings. The molecule has 7 heteroatoms. The Morgan fingerprint density at radius 3 is 3.15 bits per heavy atom. The van der Waals surface area contributed by atoms with Gasteiger partial charge in [0.15, 0.2) is 5.82 Å². The summed E-state index contributed by atoms with van der Waals surface area (Å²) in [5.41, 5.74) is 0. The predicted molar refractivity (Wildman–Crippen MR) is 69.9 cm³/mol. The molecule has 1 amide bonds.